The highest BCUT2D eigenvalue weighted by Crippen LogP contribution is 2.53. The van der Waals surface area contributed by atoms with Crippen LogP contribution in [0.15, 0.2) is 127 Å². The average Bonchev–Trinajstić information content (AvgIpc) is 3.27. The average molecular weight is 553 g/mol. The second-order valence-corrected chi connectivity index (χ2v) is 12.3. The van der Waals surface area contributed by atoms with Gasteiger partial charge < -0.3 is 0 Å². The molecule has 7 aromatic rings. The summed E-state index contributed by atoms with van der Waals surface area (Å²) < 4.78 is 0. The molecule has 1 heterocycles. The minimum atomic E-state index is -0.0241. The van der Waals surface area contributed by atoms with Crippen molar-refractivity contribution in [2.45, 2.75) is 32.1 Å². The van der Waals surface area contributed by atoms with Crippen molar-refractivity contribution >= 4 is 55.1 Å². The second kappa shape index (κ2) is 9.47. The summed E-state index contributed by atoms with van der Waals surface area (Å²) in [7, 11) is 0. The zero-order valence-corrected chi connectivity index (χ0v) is 24.7. The van der Waals surface area contributed by atoms with E-state index in [0.717, 1.165) is 22.2 Å². The third kappa shape index (κ3) is 3.79. The summed E-state index contributed by atoms with van der Waals surface area (Å²) >= 11 is 0. The van der Waals surface area contributed by atoms with Gasteiger partial charge in [0.15, 0.2) is 0 Å². The molecule has 1 aliphatic carbocycles. The zero-order chi connectivity index (χ0) is 29.3. The first-order chi connectivity index (χ1) is 21.0. The molecule has 0 amide bonds. The third-order valence-corrected chi connectivity index (χ3v) is 9.45. The molecule has 8 rings (SSSR count). The Kier molecular flexibility index (Phi) is 5.64. The molecule has 1 aliphatic rings. The van der Waals surface area contributed by atoms with Gasteiger partial charge in [-0.25, -0.2) is 0 Å². The Hall–Kier alpha value is -5.08. The molecule has 0 bridgehead atoms. The van der Waals surface area contributed by atoms with Gasteiger partial charge in [0, 0.05) is 34.7 Å². The molecular weight excluding hydrogens is 520 g/mol. The molecule has 0 aliphatic heterocycles. The number of para-hydroxylation sites is 1. The van der Waals surface area contributed by atoms with Crippen molar-refractivity contribution in [3.05, 3.63) is 144 Å². The van der Waals surface area contributed by atoms with Crippen LogP contribution in [0, 0.1) is 0 Å². The van der Waals surface area contributed by atoms with Gasteiger partial charge in [-0.1, -0.05) is 112 Å². The maximum absolute atomic E-state index is 4.99. The highest BCUT2D eigenvalue weighted by atomic mass is 14.8. The van der Waals surface area contributed by atoms with Crippen molar-refractivity contribution in [1.82, 2.24) is 4.98 Å². The fourth-order valence-electron chi connectivity index (χ4n) is 7.28. The molecule has 0 radical (unpaired) electrons. The van der Waals surface area contributed by atoms with Gasteiger partial charge in [0.2, 0.25) is 0 Å². The maximum Gasteiger partial charge on any atom is 0.0713 e. The largest absolute Gasteiger partial charge is 0.260 e. The number of aromatic nitrogens is 1. The van der Waals surface area contributed by atoms with Gasteiger partial charge in [-0.05, 0) is 84.4 Å². The Morgan fingerprint density at radius 3 is 2.42 bits per heavy atom. The van der Waals surface area contributed by atoms with E-state index in [-0.39, 0.29) is 11.3 Å². The SMILES string of the molecule is C=C/C=C(\N=CC(C)c1ccc2ccc3c4c(cc5ccc1c2c53)C(C)(C)c1ccccc1-4)c1cnc2ccccc2c1. The standard InChI is InChI=1S/C41H32N2/c1-5-10-36(29-21-27-11-6-9-14-37(27)43-24-29)42-23-25(2)30-18-15-26-16-20-33-39-28(17-19-31(30)38(26)39)22-35-40(33)32-12-7-8-13-34(32)41(35,3)4/h5-25H,1H2,2-4H3/b36-10-,42-23?. The molecule has 206 valence electrons. The Labute approximate surface area is 252 Å². The minimum absolute atomic E-state index is 0.0241. The van der Waals surface area contributed by atoms with E-state index in [0.29, 0.717) is 0 Å². The zero-order valence-electron chi connectivity index (χ0n) is 24.7. The molecule has 0 spiro atoms. The van der Waals surface area contributed by atoms with Crippen LogP contribution in [0.2, 0.25) is 0 Å². The van der Waals surface area contributed by atoms with E-state index in [2.05, 4.69) is 117 Å². The van der Waals surface area contributed by atoms with Crippen molar-refractivity contribution in [3.63, 3.8) is 0 Å². The van der Waals surface area contributed by atoms with Crippen molar-refractivity contribution < 1.29 is 0 Å². The van der Waals surface area contributed by atoms with Gasteiger partial charge in [-0.15, -0.1) is 0 Å². The van der Waals surface area contributed by atoms with Gasteiger partial charge in [-0.3, -0.25) is 9.98 Å². The second-order valence-electron chi connectivity index (χ2n) is 12.3. The number of fused-ring (bicyclic) bond motifs is 5. The number of aliphatic imine (C=N–C) groups is 1. The number of hydrogen-bond donors (Lipinski definition) is 0. The maximum atomic E-state index is 4.99. The van der Waals surface area contributed by atoms with E-state index in [1.807, 2.05) is 30.5 Å². The quantitative estimate of drug-likeness (QED) is 0.118. The van der Waals surface area contributed by atoms with Crippen LogP contribution in [0.5, 0.6) is 0 Å². The first-order valence-corrected chi connectivity index (χ1v) is 15.0. The highest BCUT2D eigenvalue weighted by molar-refractivity contribution is 6.27. The number of hydrogen-bond acceptors (Lipinski definition) is 2. The number of nitrogens with zero attached hydrogens (tertiary/aromatic N) is 2. The monoisotopic (exact) mass is 552 g/mol. The lowest BCUT2D eigenvalue weighted by Gasteiger charge is -2.23. The number of pyridine rings is 1. The van der Waals surface area contributed by atoms with Crippen LogP contribution in [-0.2, 0) is 5.41 Å². The summed E-state index contributed by atoms with van der Waals surface area (Å²) in [6.07, 6.45) is 7.71. The Morgan fingerprint density at radius 2 is 1.53 bits per heavy atom. The van der Waals surface area contributed by atoms with Crippen molar-refractivity contribution in [2.24, 2.45) is 4.99 Å². The molecule has 6 aromatic carbocycles. The molecule has 2 nitrogen and oxygen atoms in total. The molecule has 0 fully saturated rings. The van der Waals surface area contributed by atoms with Crippen molar-refractivity contribution in [2.75, 3.05) is 0 Å². The van der Waals surface area contributed by atoms with Crippen molar-refractivity contribution in [1.29, 1.82) is 0 Å². The van der Waals surface area contributed by atoms with E-state index < -0.39 is 0 Å². The van der Waals surface area contributed by atoms with Crippen LogP contribution in [0.1, 0.15) is 48.9 Å². The lowest BCUT2D eigenvalue weighted by atomic mass is 9.80. The summed E-state index contributed by atoms with van der Waals surface area (Å²) in [4.78, 5) is 9.65. The lowest BCUT2D eigenvalue weighted by molar-refractivity contribution is 0.661. The summed E-state index contributed by atoms with van der Waals surface area (Å²) in [5.41, 5.74) is 9.67. The number of allylic oxidation sites excluding steroid dienone is 2. The fraction of sp³-hybridized carbons (Fsp3) is 0.122. The van der Waals surface area contributed by atoms with Crippen LogP contribution < -0.4 is 0 Å². The van der Waals surface area contributed by atoms with E-state index >= 15 is 0 Å². The van der Waals surface area contributed by atoms with Crippen LogP contribution in [0.3, 0.4) is 0 Å². The van der Waals surface area contributed by atoms with Gasteiger partial charge in [-0.2, -0.15) is 0 Å². The molecule has 0 saturated carbocycles. The van der Waals surface area contributed by atoms with Crippen LogP contribution >= 0.6 is 0 Å². The number of rotatable bonds is 5. The summed E-state index contributed by atoms with van der Waals surface area (Å²) in [6.45, 7) is 10.9. The van der Waals surface area contributed by atoms with Gasteiger partial charge in [0.05, 0.1) is 11.2 Å². The van der Waals surface area contributed by atoms with Crippen molar-refractivity contribution in [3.8, 4) is 11.1 Å². The molecular formula is C41H32N2. The Balaban J connectivity index is 1.26. The highest BCUT2D eigenvalue weighted by Gasteiger charge is 2.36. The summed E-state index contributed by atoms with van der Waals surface area (Å²) in [5, 5.41) is 9.04. The summed E-state index contributed by atoms with van der Waals surface area (Å²) in [5.74, 6) is 0.108. The van der Waals surface area contributed by atoms with Gasteiger partial charge in [0.1, 0.15) is 0 Å². The molecule has 43 heavy (non-hydrogen) atoms. The topological polar surface area (TPSA) is 25.2 Å². The smallest absolute Gasteiger partial charge is 0.0713 e. The lowest BCUT2D eigenvalue weighted by Crippen LogP contribution is -2.14. The van der Waals surface area contributed by atoms with E-state index in [1.165, 1.54) is 60.1 Å². The van der Waals surface area contributed by atoms with E-state index in [4.69, 9.17) is 4.99 Å². The summed E-state index contributed by atoms with van der Waals surface area (Å²) in [6, 6.07) is 35.5. The third-order valence-electron chi connectivity index (χ3n) is 9.45. The molecule has 1 unspecified atom stereocenters. The predicted molar refractivity (Wildman–Crippen MR) is 185 cm³/mol. The minimum Gasteiger partial charge on any atom is -0.260 e. The number of benzene rings is 6. The first-order valence-electron chi connectivity index (χ1n) is 15.0. The molecule has 1 aromatic heterocycles. The first kappa shape index (κ1) is 25.6. The van der Waals surface area contributed by atoms with Gasteiger partial charge >= 0.3 is 0 Å². The Morgan fingerprint density at radius 1 is 0.791 bits per heavy atom. The van der Waals surface area contributed by atoms with Gasteiger partial charge in [0.25, 0.3) is 0 Å². The van der Waals surface area contributed by atoms with E-state index in [9.17, 15) is 0 Å². The van der Waals surface area contributed by atoms with Crippen LogP contribution in [0.25, 0.3) is 60.0 Å². The fourth-order valence-corrected chi connectivity index (χ4v) is 7.28. The van der Waals surface area contributed by atoms with Crippen LogP contribution in [-0.4, -0.2) is 11.2 Å². The predicted octanol–water partition coefficient (Wildman–Crippen LogP) is 10.8. The molecule has 0 N–H and O–H groups in total. The normalized spacial score (nSPS) is 15.1. The Bertz CT molecular complexity index is 2300. The molecule has 0 saturated heterocycles. The molecule has 1 atom stereocenters. The van der Waals surface area contributed by atoms with E-state index in [1.54, 1.807) is 6.08 Å². The van der Waals surface area contributed by atoms with Crippen LogP contribution in [0.4, 0.5) is 0 Å². The molecule has 2 heteroatoms.